The summed E-state index contributed by atoms with van der Waals surface area (Å²) in [7, 11) is 0. The Morgan fingerprint density at radius 2 is 1.96 bits per heavy atom. The fourth-order valence-electron chi connectivity index (χ4n) is 2.45. The summed E-state index contributed by atoms with van der Waals surface area (Å²) in [5.41, 5.74) is 7.06. The van der Waals surface area contributed by atoms with Crippen molar-refractivity contribution >= 4 is 11.8 Å². The van der Waals surface area contributed by atoms with E-state index in [9.17, 15) is 9.59 Å². The zero-order valence-electron chi connectivity index (χ0n) is 13.5. The van der Waals surface area contributed by atoms with Crippen LogP contribution in [0.15, 0.2) is 59.2 Å². The number of furan rings is 1. The molecule has 2 aromatic heterocycles. The van der Waals surface area contributed by atoms with E-state index in [2.05, 4.69) is 10.2 Å². The Balaban J connectivity index is 1.79. The standard InChI is InChI=1S/C18H18N4O3/c19-17(23)8-9-22(12-13-5-2-1-3-6-13)18(24)15-11-14(20-21-15)16-7-4-10-25-16/h1-7,10-11H,8-9,12H2,(H2,19,23)(H,20,21). The van der Waals surface area contributed by atoms with Crippen LogP contribution in [0, 0.1) is 0 Å². The van der Waals surface area contributed by atoms with Gasteiger partial charge in [-0.3, -0.25) is 14.7 Å². The van der Waals surface area contributed by atoms with Crippen molar-refractivity contribution in [1.82, 2.24) is 15.1 Å². The van der Waals surface area contributed by atoms with Crippen molar-refractivity contribution in [3.63, 3.8) is 0 Å². The normalized spacial score (nSPS) is 10.6. The highest BCUT2D eigenvalue weighted by Crippen LogP contribution is 2.19. The summed E-state index contributed by atoms with van der Waals surface area (Å²) in [6.45, 7) is 0.599. The lowest BCUT2D eigenvalue weighted by Crippen LogP contribution is -2.33. The minimum absolute atomic E-state index is 0.0913. The number of hydrogen-bond acceptors (Lipinski definition) is 4. The predicted octanol–water partition coefficient (Wildman–Crippen LogP) is 2.19. The largest absolute Gasteiger partial charge is 0.463 e. The third-order valence-electron chi connectivity index (χ3n) is 3.72. The van der Waals surface area contributed by atoms with E-state index >= 15 is 0 Å². The van der Waals surface area contributed by atoms with Crippen LogP contribution in [0.1, 0.15) is 22.5 Å². The van der Waals surface area contributed by atoms with Gasteiger partial charge >= 0.3 is 0 Å². The van der Waals surface area contributed by atoms with E-state index in [-0.39, 0.29) is 24.6 Å². The summed E-state index contributed by atoms with van der Waals surface area (Å²) in [5, 5.41) is 6.86. The van der Waals surface area contributed by atoms with Crippen molar-refractivity contribution in [3.8, 4) is 11.5 Å². The minimum atomic E-state index is -0.454. The third-order valence-corrected chi connectivity index (χ3v) is 3.72. The number of rotatable bonds is 7. The summed E-state index contributed by atoms with van der Waals surface area (Å²) in [6.07, 6.45) is 1.64. The van der Waals surface area contributed by atoms with Gasteiger partial charge in [-0.25, -0.2) is 0 Å². The van der Waals surface area contributed by atoms with Gasteiger partial charge in [0.15, 0.2) is 11.5 Å². The molecule has 0 saturated carbocycles. The van der Waals surface area contributed by atoms with Gasteiger partial charge in [0.1, 0.15) is 5.69 Å². The third kappa shape index (κ3) is 4.14. The lowest BCUT2D eigenvalue weighted by molar-refractivity contribution is -0.118. The van der Waals surface area contributed by atoms with Crippen LogP contribution in [-0.4, -0.2) is 33.5 Å². The summed E-state index contributed by atoms with van der Waals surface area (Å²) in [5.74, 6) is -0.137. The first-order valence-corrected chi connectivity index (χ1v) is 7.84. The van der Waals surface area contributed by atoms with Crippen molar-refractivity contribution in [2.75, 3.05) is 6.54 Å². The molecule has 0 radical (unpaired) electrons. The lowest BCUT2D eigenvalue weighted by Gasteiger charge is -2.21. The van der Waals surface area contributed by atoms with E-state index in [1.54, 1.807) is 29.4 Å². The van der Waals surface area contributed by atoms with Gasteiger partial charge in [-0.2, -0.15) is 5.10 Å². The molecule has 3 rings (SSSR count). The summed E-state index contributed by atoms with van der Waals surface area (Å²) in [6, 6.07) is 14.7. The Morgan fingerprint density at radius 1 is 1.16 bits per heavy atom. The first-order valence-electron chi connectivity index (χ1n) is 7.84. The van der Waals surface area contributed by atoms with Crippen molar-refractivity contribution in [2.24, 2.45) is 5.73 Å². The van der Waals surface area contributed by atoms with Crippen molar-refractivity contribution in [2.45, 2.75) is 13.0 Å². The van der Waals surface area contributed by atoms with Crippen LogP contribution in [0.2, 0.25) is 0 Å². The Hall–Kier alpha value is -3.35. The molecule has 0 fully saturated rings. The van der Waals surface area contributed by atoms with Crippen LogP contribution in [0.5, 0.6) is 0 Å². The van der Waals surface area contributed by atoms with Gasteiger partial charge in [-0.05, 0) is 17.7 Å². The highest BCUT2D eigenvalue weighted by atomic mass is 16.3. The number of amides is 2. The number of carbonyl (C=O) groups excluding carboxylic acids is 2. The molecule has 2 heterocycles. The molecule has 0 unspecified atom stereocenters. The van der Waals surface area contributed by atoms with E-state index in [0.29, 0.717) is 18.0 Å². The Bertz CT molecular complexity index is 840. The topological polar surface area (TPSA) is 105 Å². The fraction of sp³-hybridized carbons (Fsp3) is 0.167. The molecule has 1 aromatic carbocycles. The smallest absolute Gasteiger partial charge is 0.274 e. The molecule has 25 heavy (non-hydrogen) atoms. The number of carbonyl (C=O) groups is 2. The number of benzene rings is 1. The van der Waals surface area contributed by atoms with E-state index in [4.69, 9.17) is 10.2 Å². The predicted molar refractivity (Wildman–Crippen MR) is 91.3 cm³/mol. The average molecular weight is 338 g/mol. The molecule has 128 valence electrons. The molecule has 0 aliphatic rings. The quantitative estimate of drug-likeness (QED) is 0.689. The second kappa shape index (κ2) is 7.48. The van der Waals surface area contributed by atoms with E-state index in [0.717, 1.165) is 5.56 Å². The van der Waals surface area contributed by atoms with Crippen LogP contribution in [0.25, 0.3) is 11.5 Å². The highest BCUT2D eigenvalue weighted by Gasteiger charge is 2.20. The number of nitrogens with zero attached hydrogens (tertiary/aromatic N) is 2. The molecule has 7 nitrogen and oxygen atoms in total. The van der Waals surface area contributed by atoms with Crippen LogP contribution < -0.4 is 5.73 Å². The van der Waals surface area contributed by atoms with E-state index in [1.165, 1.54) is 0 Å². The number of aromatic nitrogens is 2. The maximum absolute atomic E-state index is 12.8. The Kier molecular flexibility index (Phi) is 4.94. The number of nitrogens with two attached hydrogens (primary N) is 1. The van der Waals surface area contributed by atoms with Crippen LogP contribution in [0.3, 0.4) is 0 Å². The molecule has 0 saturated heterocycles. The molecular formula is C18H18N4O3. The number of primary amides is 1. The molecular weight excluding hydrogens is 320 g/mol. The number of H-pyrrole nitrogens is 1. The van der Waals surface area contributed by atoms with Gasteiger partial charge in [0.25, 0.3) is 5.91 Å². The maximum atomic E-state index is 12.8. The monoisotopic (exact) mass is 338 g/mol. The molecule has 0 aliphatic carbocycles. The zero-order valence-corrected chi connectivity index (χ0v) is 13.5. The highest BCUT2D eigenvalue weighted by molar-refractivity contribution is 5.93. The second-order valence-corrected chi connectivity index (χ2v) is 5.57. The zero-order chi connectivity index (χ0) is 17.6. The molecule has 3 N–H and O–H groups in total. The van der Waals surface area contributed by atoms with E-state index < -0.39 is 5.91 Å². The fourth-order valence-corrected chi connectivity index (χ4v) is 2.45. The van der Waals surface area contributed by atoms with Crippen molar-refractivity contribution in [3.05, 3.63) is 66.1 Å². The van der Waals surface area contributed by atoms with Gasteiger partial charge in [0.05, 0.1) is 6.26 Å². The van der Waals surface area contributed by atoms with Crippen molar-refractivity contribution in [1.29, 1.82) is 0 Å². The Morgan fingerprint density at radius 3 is 2.64 bits per heavy atom. The van der Waals surface area contributed by atoms with Gasteiger partial charge in [-0.1, -0.05) is 30.3 Å². The number of aromatic amines is 1. The lowest BCUT2D eigenvalue weighted by atomic mass is 10.2. The molecule has 0 bridgehead atoms. The number of nitrogens with one attached hydrogen (secondary N) is 1. The molecule has 2 amide bonds. The molecule has 3 aromatic rings. The van der Waals surface area contributed by atoms with Crippen LogP contribution in [0.4, 0.5) is 0 Å². The summed E-state index contributed by atoms with van der Waals surface area (Å²) < 4.78 is 5.29. The van der Waals surface area contributed by atoms with Crippen LogP contribution >= 0.6 is 0 Å². The molecule has 0 spiro atoms. The molecule has 0 atom stereocenters. The number of hydrogen-bond donors (Lipinski definition) is 2. The first-order chi connectivity index (χ1) is 12.1. The average Bonchev–Trinajstić information content (AvgIpc) is 3.29. The van der Waals surface area contributed by atoms with Gasteiger partial charge in [-0.15, -0.1) is 0 Å². The first kappa shape index (κ1) is 16.5. The summed E-state index contributed by atoms with van der Waals surface area (Å²) in [4.78, 5) is 25.5. The minimum Gasteiger partial charge on any atom is -0.463 e. The Labute approximate surface area is 144 Å². The maximum Gasteiger partial charge on any atom is 0.274 e. The van der Waals surface area contributed by atoms with Crippen molar-refractivity contribution < 1.29 is 14.0 Å². The SMILES string of the molecule is NC(=O)CCN(Cc1ccccc1)C(=O)c1cc(-c2ccco2)[nH]n1. The van der Waals surface area contributed by atoms with E-state index in [1.807, 2.05) is 30.3 Å². The van der Waals surface area contributed by atoms with Crippen LogP contribution in [-0.2, 0) is 11.3 Å². The van der Waals surface area contributed by atoms with Gasteiger partial charge < -0.3 is 15.1 Å². The molecule has 0 aliphatic heterocycles. The summed E-state index contributed by atoms with van der Waals surface area (Å²) >= 11 is 0. The molecule has 7 heteroatoms. The van der Waals surface area contributed by atoms with Gasteiger partial charge in [0.2, 0.25) is 5.91 Å². The van der Waals surface area contributed by atoms with Gasteiger partial charge in [0, 0.05) is 25.6 Å². The second-order valence-electron chi connectivity index (χ2n) is 5.57.